The molecule has 1 heterocycles. The molecule has 0 aromatic heterocycles. The molecule has 1 aromatic carbocycles. The molecule has 1 unspecified atom stereocenters. The van der Waals surface area contributed by atoms with Gasteiger partial charge in [-0.3, -0.25) is 0 Å². The van der Waals surface area contributed by atoms with Crippen molar-refractivity contribution in [1.29, 1.82) is 0 Å². The van der Waals surface area contributed by atoms with Crippen molar-refractivity contribution in [3.05, 3.63) is 29.8 Å². The average molecular weight is 298 g/mol. The van der Waals surface area contributed by atoms with Gasteiger partial charge in [0, 0.05) is 19.6 Å². The number of sulfonamides is 1. The molecule has 112 valence electrons. The van der Waals surface area contributed by atoms with Crippen LogP contribution in [0.25, 0.3) is 0 Å². The second-order valence-electron chi connectivity index (χ2n) is 5.33. The number of benzene rings is 1. The standard InChI is InChI=1S/C14H22N2O3S/c1-15-9-5-7-13(15)10-16(2)20(18,19)14-8-4-3-6-12(14)11-17/h3-4,6,8,13,17H,5,7,9-11H2,1-2H3. The Morgan fingerprint density at radius 1 is 1.40 bits per heavy atom. The average Bonchev–Trinajstić information content (AvgIpc) is 2.84. The van der Waals surface area contributed by atoms with E-state index in [1.54, 1.807) is 31.3 Å². The monoisotopic (exact) mass is 298 g/mol. The Bertz CT molecular complexity index is 559. The molecule has 2 rings (SSSR count). The van der Waals surface area contributed by atoms with Crippen LogP contribution in [-0.2, 0) is 16.6 Å². The second kappa shape index (κ2) is 6.22. The van der Waals surface area contributed by atoms with Gasteiger partial charge in [-0.25, -0.2) is 8.42 Å². The number of aliphatic hydroxyl groups is 1. The molecule has 1 saturated heterocycles. The molecule has 1 aromatic rings. The van der Waals surface area contributed by atoms with Gasteiger partial charge in [0.2, 0.25) is 10.0 Å². The highest BCUT2D eigenvalue weighted by Crippen LogP contribution is 2.22. The van der Waals surface area contributed by atoms with Gasteiger partial charge < -0.3 is 10.0 Å². The molecule has 1 fully saturated rings. The lowest BCUT2D eigenvalue weighted by atomic mass is 10.2. The number of nitrogens with zero attached hydrogens (tertiary/aromatic N) is 2. The van der Waals surface area contributed by atoms with Gasteiger partial charge in [0.25, 0.3) is 0 Å². The first-order chi connectivity index (χ1) is 9.46. The summed E-state index contributed by atoms with van der Waals surface area (Å²) in [6.07, 6.45) is 2.14. The van der Waals surface area contributed by atoms with E-state index in [0.29, 0.717) is 12.1 Å². The van der Waals surface area contributed by atoms with Crippen LogP contribution in [0.4, 0.5) is 0 Å². The van der Waals surface area contributed by atoms with Gasteiger partial charge >= 0.3 is 0 Å². The Morgan fingerprint density at radius 2 is 2.10 bits per heavy atom. The van der Waals surface area contributed by atoms with Crippen LogP contribution < -0.4 is 0 Å². The predicted octanol–water partition coefficient (Wildman–Crippen LogP) is 0.894. The molecular weight excluding hydrogens is 276 g/mol. The minimum Gasteiger partial charge on any atom is -0.392 e. The first-order valence-corrected chi connectivity index (χ1v) is 8.26. The topological polar surface area (TPSA) is 60.9 Å². The molecule has 1 N–H and O–H groups in total. The van der Waals surface area contributed by atoms with E-state index < -0.39 is 10.0 Å². The summed E-state index contributed by atoms with van der Waals surface area (Å²) in [4.78, 5) is 2.40. The Kier molecular flexibility index (Phi) is 4.80. The Labute approximate surface area is 120 Å². The molecular formula is C14H22N2O3S. The van der Waals surface area contributed by atoms with Crippen LogP contribution in [-0.4, -0.2) is 56.0 Å². The molecule has 20 heavy (non-hydrogen) atoms. The highest BCUT2D eigenvalue weighted by Gasteiger charge is 2.29. The Balaban J connectivity index is 2.21. The van der Waals surface area contributed by atoms with Crippen LogP contribution in [0.3, 0.4) is 0 Å². The van der Waals surface area contributed by atoms with Crippen molar-refractivity contribution in [2.24, 2.45) is 0 Å². The molecule has 0 radical (unpaired) electrons. The molecule has 1 aliphatic heterocycles. The largest absolute Gasteiger partial charge is 0.392 e. The smallest absolute Gasteiger partial charge is 0.243 e. The molecule has 0 aliphatic carbocycles. The van der Waals surface area contributed by atoms with Crippen molar-refractivity contribution in [2.75, 3.05) is 27.2 Å². The van der Waals surface area contributed by atoms with Crippen LogP contribution in [0.15, 0.2) is 29.2 Å². The van der Waals surface area contributed by atoms with E-state index in [1.807, 2.05) is 7.05 Å². The molecule has 0 amide bonds. The van der Waals surface area contributed by atoms with E-state index in [9.17, 15) is 13.5 Å². The van der Waals surface area contributed by atoms with Crippen LogP contribution in [0.1, 0.15) is 18.4 Å². The minimum atomic E-state index is -3.55. The van der Waals surface area contributed by atoms with Gasteiger partial charge in [-0.1, -0.05) is 18.2 Å². The van der Waals surface area contributed by atoms with Crippen molar-refractivity contribution < 1.29 is 13.5 Å². The number of likely N-dealkylation sites (N-methyl/N-ethyl adjacent to an activating group) is 2. The number of hydrogen-bond donors (Lipinski definition) is 1. The zero-order valence-electron chi connectivity index (χ0n) is 12.0. The number of likely N-dealkylation sites (tertiary alicyclic amines) is 1. The second-order valence-corrected chi connectivity index (χ2v) is 7.34. The highest BCUT2D eigenvalue weighted by atomic mass is 32.2. The van der Waals surface area contributed by atoms with E-state index in [1.165, 1.54) is 4.31 Å². The van der Waals surface area contributed by atoms with Crippen molar-refractivity contribution in [3.8, 4) is 0 Å². The zero-order chi connectivity index (χ0) is 14.8. The summed E-state index contributed by atoms with van der Waals surface area (Å²) in [5.74, 6) is 0. The summed E-state index contributed by atoms with van der Waals surface area (Å²) in [7, 11) is 0.0884. The fourth-order valence-corrected chi connectivity index (χ4v) is 4.08. The maximum absolute atomic E-state index is 12.6. The van der Waals surface area contributed by atoms with Gasteiger partial charge in [-0.05, 0) is 38.1 Å². The predicted molar refractivity (Wildman–Crippen MR) is 77.8 cm³/mol. The van der Waals surface area contributed by atoms with E-state index in [2.05, 4.69) is 4.90 Å². The Hall–Kier alpha value is -0.950. The third kappa shape index (κ3) is 3.03. The van der Waals surface area contributed by atoms with Crippen LogP contribution >= 0.6 is 0 Å². The third-order valence-electron chi connectivity index (χ3n) is 3.97. The number of rotatable bonds is 5. The van der Waals surface area contributed by atoms with Gasteiger partial charge in [0.15, 0.2) is 0 Å². The molecule has 1 aliphatic rings. The molecule has 6 heteroatoms. The highest BCUT2D eigenvalue weighted by molar-refractivity contribution is 7.89. The van der Waals surface area contributed by atoms with Crippen molar-refractivity contribution >= 4 is 10.0 Å². The van der Waals surface area contributed by atoms with E-state index in [-0.39, 0.29) is 17.5 Å². The minimum absolute atomic E-state index is 0.200. The van der Waals surface area contributed by atoms with Crippen LogP contribution in [0.5, 0.6) is 0 Å². The lowest BCUT2D eigenvalue weighted by Crippen LogP contribution is -2.39. The quantitative estimate of drug-likeness (QED) is 0.877. The van der Waals surface area contributed by atoms with E-state index in [4.69, 9.17) is 0 Å². The molecule has 0 spiro atoms. The van der Waals surface area contributed by atoms with Gasteiger partial charge in [0.05, 0.1) is 11.5 Å². The first-order valence-electron chi connectivity index (χ1n) is 6.82. The fraction of sp³-hybridized carbons (Fsp3) is 0.571. The fourth-order valence-electron chi connectivity index (χ4n) is 2.66. The number of aliphatic hydroxyl groups excluding tert-OH is 1. The summed E-state index contributed by atoms with van der Waals surface area (Å²) < 4.78 is 26.6. The van der Waals surface area contributed by atoms with Crippen molar-refractivity contribution in [3.63, 3.8) is 0 Å². The molecule has 0 bridgehead atoms. The summed E-state index contributed by atoms with van der Waals surface area (Å²) in [5, 5.41) is 9.30. The van der Waals surface area contributed by atoms with Crippen molar-refractivity contribution in [1.82, 2.24) is 9.21 Å². The molecule has 0 saturated carbocycles. The third-order valence-corrected chi connectivity index (χ3v) is 5.89. The van der Waals surface area contributed by atoms with Gasteiger partial charge in [-0.15, -0.1) is 0 Å². The summed E-state index contributed by atoms with van der Waals surface area (Å²) in [5.41, 5.74) is 0.444. The number of hydrogen-bond acceptors (Lipinski definition) is 4. The summed E-state index contributed by atoms with van der Waals surface area (Å²) >= 11 is 0. The normalized spacial score (nSPS) is 20.7. The first kappa shape index (κ1) is 15.4. The molecule has 5 nitrogen and oxygen atoms in total. The van der Waals surface area contributed by atoms with E-state index >= 15 is 0 Å². The van der Waals surface area contributed by atoms with Crippen molar-refractivity contribution in [2.45, 2.75) is 30.4 Å². The lowest BCUT2D eigenvalue weighted by molar-refractivity contribution is 0.268. The summed E-state index contributed by atoms with van der Waals surface area (Å²) in [6.45, 7) is 1.23. The van der Waals surface area contributed by atoms with Crippen LogP contribution in [0.2, 0.25) is 0 Å². The zero-order valence-corrected chi connectivity index (χ0v) is 12.8. The van der Waals surface area contributed by atoms with Gasteiger partial charge in [-0.2, -0.15) is 4.31 Å². The summed E-state index contributed by atoms with van der Waals surface area (Å²) in [6, 6.07) is 6.88. The molecule has 1 atom stereocenters. The maximum atomic E-state index is 12.6. The van der Waals surface area contributed by atoms with Crippen LogP contribution in [0, 0.1) is 0 Å². The lowest BCUT2D eigenvalue weighted by Gasteiger charge is -2.26. The Morgan fingerprint density at radius 3 is 2.70 bits per heavy atom. The van der Waals surface area contributed by atoms with E-state index in [0.717, 1.165) is 19.4 Å². The maximum Gasteiger partial charge on any atom is 0.243 e. The SMILES string of the molecule is CN1CCCC1CN(C)S(=O)(=O)c1ccccc1CO. The van der Waals surface area contributed by atoms with Gasteiger partial charge in [0.1, 0.15) is 0 Å².